The van der Waals surface area contributed by atoms with Crippen molar-refractivity contribution in [3.8, 4) is 0 Å². The molecule has 0 N–H and O–H groups in total. The summed E-state index contributed by atoms with van der Waals surface area (Å²) in [7, 11) is 0. The van der Waals surface area contributed by atoms with E-state index in [1.165, 1.54) is 0 Å². The Morgan fingerprint density at radius 3 is 2.55 bits per heavy atom. The second-order valence-electron chi connectivity index (χ2n) is 7.35. The molecule has 0 radical (unpaired) electrons. The number of hydrogen-bond donors (Lipinski definition) is 0. The van der Waals surface area contributed by atoms with E-state index in [1.807, 2.05) is 25.7 Å². The summed E-state index contributed by atoms with van der Waals surface area (Å²) in [5.74, 6) is 0.544. The largest absolute Gasteiger partial charge is 0.444 e. The quantitative estimate of drug-likeness (QED) is 0.730. The third-order valence-electron chi connectivity index (χ3n) is 3.83. The lowest BCUT2D eigenvalue weighted by Crippen LogP contribution is -2.73. The second kappa shape index (κ2) is 4.93. The van der Waals surface area contributed by atoms with Gasteiger partial charge in [-0.25, -0.2) is 4.79 Å². The first-order valence-electron chi connectivity index (χ1n) is 7.46. The van der Waals surface area contributed by atoms with Gasteiger partial charge in [0.25, 0.3) is 5.91 Å². The molecular weight excluding hydrogens is 256 g/mol. The molecule has 2 amide bonds. The Morgan fingerprint density at radius 2 is 2.05 bits per heavy atom. The zero-order valence-electron chi connectivity index (χ0n) is 13.2. The van der Waals surface area contributed by atoms with Gasteiger partial charge >= 0.3 is 6.09 Å². The first-order valence-corrected chi connectivity index (χ1v) is 7.46. The van der Waals surface area contributed by atoms with Crippen molar-refractivity contribution in [1.29, 1.82) is 0 Å². The van der Waals surface area contributed by atoms with Gasteiger partial charge in [-0.1, -0.05) is 13.8 Å². The molecular formula is C15H26N2O3. The third-order valence-corrected chi connectivity index (χ3v) is 3.83. The van der Waals surface area contributed by atoms with Crippen LogP contribution in [0.15, 0.2) is 0 Å². The van der Waals surface area contributed by atoms with Gasteiger partial charge in [0.2, 0.25) is 0 Å². The van der Waals surface area contributed by atoms with Crippen LogP contribution in [0.1, 0.15) is 47.5 Å². The predicted molar refractivity (Wildman–Crippen MR) is 76.3 cm³/mol. The normalized spacial score (nSPS) is 26.4. The van der Waals surface area contributed by atoms with E-state index in [-0.39, 0.29) is 12.0 Å². The lowest BCUT2D eigenvalue weighted by Gasteiger charge is -2.51. The van der Waals surface area contributed by atoms with E-state index in [2.05, 4.69) is 13.8 Å². The number of carbonyl (C=O) groups excluding carboxylic acids is 2. The van der Waals surface area contributed by atoms with Crippen molar-refractivity contribution in [2.45, 2.75) is 58.6 Å². The number of nitrogens with zero attached hydrogens (tertiary/aromatic N) is 2. The van der Waals surface area contributed by atoms with Crippen LogP contribution in [0.2, 0.25) is 0 Å². The van der Waals surface area contributed by atoms with Crippen molar-refractivity contribution in [3.63, 3.8) is 0 Å². The van der Waals surface area contributed by atoms with Crippen LogP contribution in [0, 0.1) is 5.92 Å². The van der Waals surface area contributed by atoms with E-state index < -0.39 is 11.1 Å². The van der Waals surface area contributed by atoms with E-state index in [0.29, 0.717) is 19.0 Å². The van der Waals surface area contributed by atoms with Gasteiger partial charge in [0.1, 0.15) is 11.1 Å². The summed E-state index contributed by atoms with van der Waals surface area (Å²) >= 11 is 0. The van der Waals surface area contributed by atoms with Crippen molar-refractivity contribution < 1.29 is 14.3 Å². The first kappa shape index (κ1) is 15.1. The summed E-state index contributed by atoms with van der Waals surface area (Å²) < 4.78 is 5.43. The molecule has 1 unspecified atom stereocenters. The lowest BCUT2D eigenvalue weighted by atomic mass is 9.85. The second-order valence-corrected chi connectivity index (χ2v) is 7.35. The first-order chi connectivity index (χ1) is 9.16. The van der Waals surface area contributed by atoms with Gasteiger partial charge in [0, 0.05) is 13.1 Å². The SMILES string of the molecule is CC(C)CN1CC2(CCCN2C(=O)OC(C)(C)C)C1=O. The molecule has 0 bridgehead atoms. The molecule has 20 heavy (non-hydrogen) atoms. The van der Waals surface area contributed by atoms with Crippen LogP contribution in [-0.2, 0) is 9.53 Å². The van der Waals surface area contributed by atoms with Crippen molar-refractivity contribution in [3.05, 3.63) is 0 Å². The van der Waals surface area contributed by atoms with E-state index in [9.17, 15) is 9.59 Å². The lowest BCUT2D eigenvalue weighted by molar-refractivity contribution is -0.161. The standard InChI is InChI=1S/C15H26N2O3/c1-11(2)9-16-10-15(12(16)18)7-6-8-17(15)13(19)20-14(3,4)5/h11H,6-10H2,1-5H3. The van der Waals surface area contributed by atoms with E-state index >= 15 is 0 Å². The summed E-state index contributed by atoms with van der Waals surface area (Å²) in [5.41, 5.74) is -1.14. The number of rotatable bonds is 2. The maximum absolute atomic E-state index is 12.5. The topological polar surface area (TPSA) is 49.9 Å². The fourth-order valence-electron chi connectivity index (χ4n) is 3.09. The fourth-order valence-corrected chi connectivity index (χ4v) is 3.09. The fraction of sp³-hybridized carbons (Fsp3) is 0.867. The van der Waals surface area contributed by atoms with Crippen LogP contribution < -0.4 is 0 Å². The zero-order valence-corrected chi connectivity index (χ0v) is 13.2. The molecule has 2 aliphatic heterocycles. The van der Waals surface area contributed by atoms with Crippen LogP contribution in [0.5, 0.6) is 0 Å². The number of carbonyl (C=O) groups is 2. The van der Waals surface area contributed by atoms with Crippen molar-refractivity contribution in [2.75, 3.05) is 19.6 Å². The molecule has 0 aromatic heterocycles. The van der Waals surface area contributed by atoms with Crippen LogP contribution in [0.25, 0.3) is 0 Å². The van der Waals surface area contributed by atoms with Gasteiger partial charge < -0.3 is 9.64 Å². The molecule has 0 aromatic rings. The van der Waals surface area contributed by atoms with Gasteiger partial charge in [0.15, 0.2) is 0 Å². The van der Waals surface area contributed by atoms with E-state index in [0.717, 1.165) is 19.4 Å². The Balaban J connectivity index is 2.05. The van der Waals surface area contributed by atoms with Crippen LogP contribution in [-0.4, -0.2) is 52.6 Å². The van der Waals surface area contributed by atoms with E-state index in [4.69, 9.17) is 4.74 Å². The highest BCUT2D eigenvalue weighted by atomic mass is 16.6. The van der Waals surface area contributed by atoms with Crippen LogP contribution in [0.3, 0.4) is 0 Å². The minimum absolute atomic E-state index is 0.0922. The summed E-state index contributed by atoms with van der Waals surface area (Å²) in [6.07, 6.45) is 1.28. The zero-order chi connectivity index (χ0) is 15.1. The predicted octanol–water partition coefficient (Wildman–Crippen LogP) is 2.25. The van der Waals surface area contributed by atoms with Crippen LogP contribution >= 0.6 is 0 Å². The molecule has 2 fully saturated rings. The molecule has 0 aromatic carbocycles. The molecule has 114 valence electrons. The molecule has 0 saturated carbocycles. The van der Waals surface area contributed by atoms with Crippen molar-refractivity contribution in [2.24, 2.45) is 5.92 Å². The molecule has 1 spiro atoms. The Morgan fingerprint density at radius 1 is 1.40 bits per heavy atom. The van der Waals surface area contributed by atoms with E-state index in [1.54, 1.807) is 4.90 Å². The Labute approximate surface area is 121 Å². The summed E-state index contributed by atoms with van der Waals surface area (Å²) in [5, 5.41) is 0. The number of ether oxygens (including phenoxy) is 1. The molecule has 2 heterocycles. The maximum atomic E-state index is 12.5. The van der Waals surface area contributed by atoms with Gasteiger partial charge in [-0.15, -0.1) is 0 Å². The Bertz CT molecular complexity index is 414. The summed E-state index contributed by atoms with van der Waals surface area (Å²) in [6.45, 7) is 11.8. The van der Waals surface area contributed by atoms with Crippen molar-refractivity contribution in [1.82, 2.24) is 9.80 Å². The number of amides is 2. The number of likely N-dealkylation sites (tertiary alicyclic amines) is 2. The van der Waals surface area contributed by atoms with Gasteiger partial charge in [-0.3, -0.25) is 9.69 Å². The smallest absolute Gasteiger partial charge is 0.411 e. The molecule has 2 aliphatic rings. The highest BCUT2D eigenvalue weighted by molar-refractivity contribution is 5.96. The Kier molecular flexibility index (Phi) is 3.73. The average Bonchev–Trinajstić information content (AvgIpc) is 2.72. The third kappa shape index (κ3) is 2.63. The highest BCUT2D eigenvalue weighted by Gasteiger charge is 2.60. The molecule has 5 heteroatoms. The van der Waals surface area contributed by atoms with Gasteiger partial charge in [0.05, 0.1) is 6.54 Å². The molecule has 2 saturated heterocycles. The molecule has 5 nitrogen and oxygen atoms in total. The molecule has 0 aliphatic carbocycles. The van der Waals surface area contributed by atoms with Gasteiger partial charge in [-0.2, -0.15) is 0 Å². The summed E-state index contributed by atoms with van der Waals surface area (Å²) in [6, 6.07) is 0. The van der Waals surface area contributed by atoms with Crippen LogP contribution in [0.4, 0.5) is 4.79 Å². The minimum atomic E-state index is -0.614. The Hall–Kier alpha value is -1.26. The highest BCUT2D eigenvalue weighted by Crippen LogP contribution is 2.40. The number of hydrogen-bond acceptors (Lipinski definition) is 3. The maximum Gasteiger partial charge on any atom is 0.411 e. The number of β-lactam (4-membered cyclic amide) rings is 1. The van der Waals surface area contributed by atoms with Gasteiger partial charge in [-0.05, 0) is 39.5 Å². The summed E-state index contributed by atoms with van der Waals surface area (Å²) in [4.78, 5) is 28.3. The monoisotopic (exact) mass is 282 g/mol. The molecule has 1 atom stereocenters. The average molecular weight is 282 g/mol. The molecule has 2 rings (SSSR count). The minimum Gasteiger partial charge on any atom is -0.444 e. The van der Waals surface area contributed by atoms with Crippen molar-refractivity contribution >= 4 is 12.0 Å².